The molecule has 6 aromatic carbocycles. The van der Waals surface area contributed by atoms with E-state index in [4.69, 9.17) is 13.0 Å². The molecular formula is C44H32F12O4. The lowest BCUT2D eigenvalue weighted by molar-refractivity contribution is -0.189. The van der Waals surface area contributed by atoms with Crippen LogP contribution in [0.3, 0.4) is 0 Å². The van der Waals surface area contributed by atoms with Crippen LogP contribution < -0.4 is 4.74 Å². The Balaban J connectivity index is 0.000000231. The molecule has 0 amide bonds. The van der Waals surface area contributed by atoms with Crippen molar-refractivity contribution in [1.29, 1.82) is 0 Å². The fourth-order valence-corrected chi connectivity index (χ4v) is 5.49. The van der Waals surface area contributed by atoms with Crippen LogP contribution in [0.1, 0.15) is 56.5 Å². The fourth-order valence-electron chi connectivity index (χ4n) is 5.49. The van der Waals surface area contributed by atoms with Crippen LogP contribution in [0.25, 0.3) is 22.3 Å². The summed E-state index contributed by atoms with van der Waals surface area (Å²) in [5.74, 6) is -20.4. The number of carbonyl (C=O) groups is 1. The summed E-state index contributed by atoms with van der Waals surface area (Å²) in [7, 11) is 0. The highest BCUT2D eigenvalue weighted by molar-refractivity contribution is 5.89. The van der Waals surface area contributed by atoms with E-state index in [1.807, 2.05) is 19.1 Å². The molecule has 0 aliphatic heterocycles. The molecule has 0 saturated carbocycles. The van der Waals surface area contributed by atoms with Crippen molar-refractivity contribution < 1.29 is 75.2 Å². The lowest BCUT2D eigenvalue weighted by Gasteiger charge is -2.20. The number of aryl methyl sites for hydroxylation is 2. The van der Waals surface area contributed by atoms with E-state index in [2.05, 4.69) is 11.7 Å². The minimum Gasteiger partial charge on any atom is -0.508 e. The van der Waals surface area contributed by atoms with Gasteiger partial charge in [0, 0.05) is 24.2 Å². The smallest absolute Gasteiger partial charge is 0.432 e. The Bertz CT molecular complexity index is 2500. The molecule has 0 heterocycles. The van der Waals surface area contributed by atoms with E-state index in [1.165, 1.54) is 0 Å². The van der Waals surface area contributed by atoms with Crippen LogP contribution in [-0.4, -0.2) is 16.2 Å². The zero-order valence-electron chi connectivity index (χ0n) is 33.2. The van der Waals surface area contributed by atoms with Gasteiger partial charge >= 0.3 is 12.1 Å². The number of alkyl halides is 2. The summed E-state index contributed by atoms with van der Waals surface area (Å²) in [6.07, 6.45) is -1.08. The maximum absolute atomic E-state index is 14.5. The number of carboxylic acids is 1. The van der Waals surface area contributed by atoms with Crippen molar-refractivity contribution in [3.63, 3.8) is 0 Å². The van der Waals surface area contributed by atoms with Gasteiger partial charge in [-0.05, 0) is 70.5 Å². The number of aromatic carboxylic acids is 1. The first-order valence-corrected chi connectivity index (χ1v) is 17.6. The molecule has 0 bridgehead atoms. The predicted octanol–water partition coefficient (Wildman–Crippen LogP) is 13.2. The van der Waals surface area contributed by atoms with Crippen molar-refractivity contribution in [3.8, 4) is 33.8 Å². The summed E-state index contributed by atoms with van der Waals surface area (Å²) in [4.78, 5) is 10.7. The first kappa shape index (κ1) is 43.1. The number of benzene rings is 6. The van der Waals surface area contributed by atoms with Crippen LogP contribution in [0.15, 0.2) is 97.0 Å². The summed E-state index contributed by atoms with van der Waals surface area (Å²) < 4.78 is 179. The second-order valence-corrected chi connectivity index (χ2v) is 12.7. The van der Waals surface area contributed by atoms with Crippen molar-refractivity contribution in [2.24, 2.45) is 0 Å². The Labute approximate surface area is 337 Å². The molecule has 316 valence electrons. The molecule has 0 aliphatic rings. The number of phenolic OH excluding ortho intramolecular Hbond substituents is 1. The minimum absolute atomic E-state index is 0.00328. The molecule has 6 aromatic rings. The van der Waals surface area contributed by atoms with Gasteiger partial charge in [-0.15, -0.1) is 0 Å². The van der Waals surface area contributed by atoms with Gasteiger partial charge in [0.2, 0.25) is 0 Å². The maximum Gasteiger partial charge on any atom is 0.432 e. The second-order valence-electron chi connectivity index (χ2n) is 12.7. The number of halogens is 12. The molecule has 0 saturated heterocycles. The Hall–Kier alpha value is -6.45. The third-order valence-electron chi connectivity index (χ3n) is 8.28. The standard InChI is InChI=1S/C22H15F7O.C16H14F2O2.C6H3F3O/c1-2-3-12-4-6-13(7-5-12)14-8-16(23)20(17(24)9-14)22(28,29)30-15-10-18(25)21(27)19(26)11-15;1-2-3-10-4-6-11(7-5-10)12-8-13(17)15(16(19)20)14(18)9-12;7-4-1-3(10)2-5(8)6(4)9/h4-11H,2-3H2,1H3;4-9H,2-3H2,1H3,(H,19,20);1-2,10H/i10D;;1D. The van der Waals surface area contributed by atoms with Gasteiger partial charge in [0.25, 0.3) is 0 Å². The zero-order chi connectivity index (χ0) is 46.2. The highest BCUT2D eigenvalue weighted by Crippen LogP contribution is 2.38. The summed E-state index contributed by atoms with van der Waals surface area (Å²) >= 11 is 0. The SMILES string of the molecule is CCCc1ccc(-c2cc(F)c(C(=O)O)c(F)c2)cc1.[2H]c1c(O)cc(F)c(F)c1F.[2H]c1c(OC(F)(F)c2c(F)cc(-c3ccc(CCC)cc3)cc2F)cc(F)c(F)c1F. The Morgan fingerprint density at radius 1 is 0.567 bits per heavy atom. The summed E-state index contributed by atoms with van der Waals surface area (Å²) in [6, 6.07) is 15.2. The van der Waals surface area contributed by atoms with E-state index in [1.54, 1.807) is 36.4 Å². The quantitative estimate of drug-likeness (QED) is 0.106. The van der Waals surface area contributed by atoms with Crippen LogP contribution >= 0.6 is 0 Å². The molecule has 60 heavy (non-hydrogen) atoms. The molecule has 0 aliphatic carbocycles. The van der Waals surface area contributed by atoms with Gasteiger partial charge in [0.1, 0.15) is 45.9 Å². The van der Waals surface area contributed by atoms with Gasteiger partial charge in [0.05, 0.1) is 2.74 Å². The highest BCUT2D eigenvalue weighted by Gasteiger charge is 2.41. The number of carboxylic acid groups (broad SMARTS) is 1. The number of hydrogen-bond donors (Lipinski definition) is 2. The minimum atomic E-state index is -4.75. The molecule has 0 spiro atoms. The van der Waals surface area contributed by atoms with Gasteiger partial charge < -0.3 is 14.9 Å². The second kappa shape index (κ2) is 20.0. The first-order valence-electron chi connectivity index (χ1n) is 18.6. The van der Waals surface area contributed by atoms with Gasteiger partial charge in [-0.3, -0.25) is 0 Å². The average molecular weight is 855 g/mol. The lowest BCUT2D eigenvalue weighted by atomic mass is 10.00. The number of ether oxygens (including phenoxy) is 1. The zero-order valence-corrected chi connectivity index (χ0v) is 31.2. The predicted molar refractivity (Wildman–Crippen MR) is 197 cm³/mol. The summed E-state index contributed by atoms with van der Waals surface area (Å²) in [6.45, 7) is 4.06. The molecule has 0 atom stereocenters. The van der Waals surface area contributed by atoms with Gasteiger partial charge in [-0.1, -0.05) is 75.2 Å². The van der Waals surface area contributed by atoms with Crippen LogP contribution in [0.5, 0.6) is 11.5 Å². The maximum atomic E-state index is 14.5. The molecule has 6 rings (SSSR count). The molecule has 4 nitrogen and oxygen atoms in total. The third kappa shape index (κ3) is 11.6. The molecule has 16 heteroatoms. The topological polar surface area (TPSA) is 66.8 Å². The largest absolute Gasteiger partial charge is 0.508 e. The van der Waals surface area contributed by atoms with Crippen molar-refractivity contribution in [2.45, 2.75) is 45.6 Å². The van der Waals surface area contributed by atoms with E-state index in [-0.39, 0.29) is 11.6 Å². The average Bonchev–Trinajstić information content (AvgIpc) is 3.21. The summed E-state index contributed by atoms with van der Waals surface area (Å²) in [5.41, 5.74) is 0.752. The Morgan fingerprint density at radius 2 is 0.967 bits per heavy atom. The first-order chi connectivity index (χ1) is 29.1. The fraction of sp³-hybridized carbons (Fsp3) is 0.159. The van der Waals surface area contributed by atoms with Crippen LogP contribution in [0, 0.1) is 58.2 Å². The molecule has 0 fully saturated rings. The number of hydrogen-bond acceptors (Lipinski definition) is 3. The Kier molecular flexibility index (Phi) is 14.4. The van der Waals surface area contributed by atoms with Crippen molar-refractivity contribution >= 4 is 5.97 Å². The number of phenols is 1. The lowest BCUT2D eigenvalue weighted by Crippen LogP contribution is -2.25. The Morgan fingerprint density at radius 3 is 1.38 bits per heavy atom. The highest BCUT2D eigenvalue weighted by atomic mass is 19.3. The monoisotopic (exact) mass is 854 g/mol. The van der Waals surface area contributed by atoms with Crippen molar-refractivity contribution in [2.75, 3.05) is 0 Å². The summed E-state index contributed by atoms with van der Waals surface area (Å²) in [5, 5.41) is 17.3. The van der Waals surface area contributed by atoms with Crippen LogP contribution in [-0.2, 0) is 19.0 Å². The number of rotatable bonds is 10. The third-order valence-corrected chi connectivity index (χ3v) is 8.28. The van der Waals surface area contributed by atoms with E-state index >= 15 is 0 Å². The van der Waals surface area contributed by atoms with Crippen molar-refractivity contribution in [3.05, 3.63) is 177 Å². The molecular weight excluding hydrogens is 820 g/mol. The van der Waals surface area contributed by atoms with E-state index in [9.17, 15) is 57.5 Å². The molecule has 0 aromatic heterocycles. The van der Waals surface area contributed by atoms with Gasteiger partial charge in [-0.2, -0.15) is 8.78 Å². The number of aromatic hydroxyl groups is 1. The van der Waals surface area contributed by atoms with Crippen LogP contribution in [0.2, 0.25) is 0 Å². The van der Waals surface area contributed by atoms with Crippen molar-refractivity contribution in [1.82, 2.24) is 0 Å². The van der Waals surface area contributed by atoms with E-state index < -0.39 is 105 Å². The molecule has 2 N–H and O–H groups in total. The van der Waals surface area contributed by atoms with Gasteiger partial charge in [0.15, 0.2) is 34.9 Å². The molecule has 0 radical (unpaired) electrons. The van der Waals surface area contributed by atoms with Gasteiger partial charge in [-0.25, -0.2) is 48.7 Å². The van der Waals surface area contributed by atoms with E-state index in [0.29, 0.717) is 34.9 Å². The molecule has 0 unspecified atom stereocenters. The van der Waals surface area contributed by atoms with E-state index in [0.717, 1.165) is 48.9 Å². The normalized spacial score (nSPS) is 11.4. The van der Waals surface area contributed by atoms with Crippen LogP contribution in [0.4, 0.5) is 52.7 Å².